The van der Waals surface area contributed by atoms with Crippen molar-refractivity contribution in [2.24, 2.45) is 16.7 Å². The first-order valence-electron chi connectivity index (χ1n) is 8.89. The molecule has 2 aliphatic carbocycles. The Hall–Kier alpha value is -0.180. The molecule has 4 heteroatoms. The van der Waals surface area contributed by atoms with Crippen LogP contribution in [0.25, 0.3) is 0 Å². The van der Waals surface area contributed by atoms with Crippen molar-refractivity contribution in [3.05, 3.63) is 31.2 Å². The van der Waals surface area contributed by atoms with Gasteiger partial charge in [0.25, 0.3) is 0 Å². The molecular formula is C21H35O2SiZn-. The minimum atomic E-state index is -1.54. The molecule has 25 heavy (non-hydrogen) atoms. The van der Waals surface area contributed by atoms with Gasteiger partial charge >= 0.3 is 0 Å². The van der Waals surface area contributed by atoms with Gasteiger partial charge in [0.1, 0.15) is 11.4 Å². The second kappa shape index (κ2) is 6.77. The normalized spacial score (nSPS) is 32.7. The van der Waals surface area contributed by atoms with E-state index < -0.39 is 13.7 Å². The molecule has 2 aliphatic rings. The summed E-state index contributed by atoms with van der Waals surface area (Å²) >= 11 is 0. The van der Waals surface area contributed by atoms with Gasteiger partial charge in [-0.3, -0.25) is 0 Å². The Morgan fingerprint density at radius 1 is 1.16 bits per heavy atom. The van der Waals surface area contributed by atoms with Gasteiger partial charge in [-0.25, -0.2) is 0 Å². The number of benzene rings is 1. The molecule has 138 valence electrons. The summed E-state index contributed by atoms with van der Waals surface area (Å²) in [4.78, 5) is 0. The Morgan fingerprint density at radius 2 is 1.76 bits per heavy atom. The summed E-state index contributed by atoms with van der Waals surface area (Å²) in [5.41, 5.74) is 0.0384. The van der Waals surface area contributed by atoms with Gasteiger partial charge < -0.3 is 17.3 Å². The fraction of sp³-hybridized carbons (Fsp3) is 0.667. The summed E-state index contributed by atoms with van der Waals surface area (Å²) < 4.78 is 5.90. The number of methoxy groups -OCH3 is 1. The number of hydrogen-bond donors (Lipinski definition) is 1. The van der Waals surface area contributed by atoms with E-state index in [4.69, 9.17) is 4.74 Å². The Balaban J connectivity index is 0.00000156. The van der Waals surface area contributed by atoms with Crippen LogP contribution in [0, 0.1) is 24.2 Å². The monoisotopic (exact) mass is 411 g/mol. The molecule has 3 atom stereocenters. The third kappa shape index (κ3) is 2.87. The van der Waals surface area contributed by atoms with Crippen molar-refractivity contribution in [1.29, 1.82) is 0 Å². The standard InChI is InChI=1S/C20H32O2Si.CH3.Zn/c1-18(2)14-11-12-19(3,13-14)20(18,21)15-9-8-10-16(17(15)22-4)23(5,6)7;;/h8-10,14,21H,11-13H2,1-7H3;1H3;/q;-1;/t14-,19+,20-;;/m0../s1. The first kappa shape index (κ1) is 22.9. The zero-order valence-electron chi connectivity index (χ0n) is 17.5. The van der Waals surface area contributed by atoms with Crippen molar-refractivity contribution in [1.82, 2.24) is 0 Å². The molecule has 2 fully saturated rings. The molecule has 0 heterocycles. The average molecular weight is 413 g/mol. The van der Waals surface area contributed by atoms with Gasteiger partial charge in [-0.1, -0.05) is 58.6 Å². The molecule has 1 aromatic carbocycles. The molecule has 0 unspecified atom stereocenters. The summed E-state index contributed by atoms with van der Waals surface area (Å²) in [6.45, 7) is 13.8. The number of rotatable bonds is 3. The van der Waals surface area contributed by atoms with Gasteiger partial charge in [0.05, 0.1) is 15.2 Å². The van der Waals surface area contributed by atoms with Crippen molar-refractivity contribution < 1.29 is 29.3 Å². The molecule has 0 aliphatic heterocycles. The maximum atomic E-state index is 12.1. The van der Waals surface area contributed by atoms with Gasteiger partial charge in [-0.05, 0) is 30.4 Å². The largest absolute Gasteiger partial charge is 0.496 e. The molecule has 2 saturated carbocycles. The Labute approximate surface area is 168 Å². The van der Waals surface area contributed by atoms with Gasteiger partial charge in [0.2, 0.25) is 0 Å². The Bertz CT molecular complexity index is 631. The minimum Gasteiger partial charge on any atom is -0.496 e. The summed E-state index contributed by atoms with van der Waals surface area (Å²) in [5, 5.41) is 13.4. The molecule has 0 spiro atoms. The maximum absolute atomic E-state index is 12.1. The number of ether oxygens (including phenoxy) is 1. The molecule has 3 rings (SSSR count). The summed E-state index contributed by atoms with van der Waals surface area (Å²) in [7, 11) is 0.216. The van der Waals surface area contributed by atoms with Gasteiger partial charge in [0.15, 0.2) is 0 Å². The zero-order chi connectivity index (χ0) is 17.3. The molecular weight excluding hydrogens is 378 g/mol. The average Bonchev–Trinajstić information content (AvgIpc) is 2.93. The maximum Gasteiger partial charge on any atom is 0.124 e. The van der Waals surface area contributed by atoms with Crippen LogP contribution >= 0.6 is 0 Å². The fourth-order valence-corrected chi connectivity index (χ4v) is 7.08. The van der Waals surface area contributed by atoms with E-state index in [1.165, 1.54) is 11.6 Å². The molecule has 1 N–H and O–H groups in total. The first-order valence-corrected chi connectivity index (χ1v) is 12.4. The van der Waals surface area contributed by atoms with Crippen molar-refractivity contribution in [3.63, 3.8) is 0 Å². The van der Waals surface area contributed by atoms with E-state index in [0.29, 0.717) is 5.92 Å². The van der Waals surface area contributed by atoms with Gasteiger partial charge in [0, 0.05) is 35.9 Å². The van der Waals surface area contributed by atoms with Crippen LogP contribution in [0.3, 0.4) is 0 Å². The van der Waals surface area contributed by atoms with Crippen molar-refractivity contribution in [2.75, 3.05) is 7.11 Å². The number of hydrogen-bond acceptors (Lipinski definition) is 2. The van der Waals surface area contributed by atoms with Gasteiger partial charge in [-0.2, -0.15) is 0 Å². The van der Waals surface area contributed by atoms with Crippen LogP contribution in [0.1, 0.15) is 45.6 Å². The molecule has 0 saturated heterocycles. The zero-order valence-corrected chi connectivity index (χ0v) is 21.5. The number of para-hydroxylation sites is 1. The van der Waals surface area contributed by atoms with E-state index >= 15 is 0 Å². The molecule has 0 radical (unpaired) electrons. The van der Waals surface area contributed by atoms with E-state index in [1.807, 2.05) is 0 Å². The van der Waals surface area contributed by atoms with Gasteiger partial charge in [-0.15, -0.1) is 0 Å². The quantitative estimate of drug-likeness (QED) is 0.574. The number of aliphatic hydroxyl groups is 1. The van der Waals surface area contributed by atoms with Crippen LogP contribution in [0.4, 0.5) is 0 Å². The number of fused-ring (bicyclic) bond motifs is 2. The predicted molar refractivity (Wildman–Crippen MR) is 106 cm³/mol. The minimum absolute atomic E-state index is 0. The summed E-state index contributed by atoms with van der Waals surface area (Å²) in [6, 6.07) is 6.42. The Morgan fingerprint density at radius 3 is 2.20 bits per heavy atom. The van der Waals surface area contributed by atoms with Crippen LogP contribution < -0.4 is 9.92 Å². The predicted octanol–water partition coefficient (Wildman–Crippen LogP) is 4.72. The van der Waals surface area contributed by atoms with Crippen LogP contribution in [0.5, 0.6) is 5.75 Å². The van der Waals surface area contributed by atoms with E-state index in [-0.39, 0.29) is 37.7 Å². The second-order valence-corrected chi connectivity index (χ2v) is 14.6. The van der Waals surface area contributed by atoms with E-state index in [0.717, 1.165) is 24.2 Å². The van der Waals surface area contributed by atoms with Crippen molar-refractivity contribution >= 4 is 13.3 Å². The third-order valence-corrected chi connectivity index (χ3v) is 8.99. The summed E-state index contributed by atoms with van der Waals surface area (Å²) in [6.07, 6.45) is 3.47. The van der Waals surface area contributed by atoms with Crippen molar-refractivity contribution in [2.45, 2.75) is 65.3 Å². The van der Waals surface area contributed by atoms with Crippen LogP contribution in [-0.4, -0.2) is 20.3 Å². The van der Waals surface area contributed by atoms with E-state index in [2.05, 4.69) is 58.6 Å². The molecule has 0 amide bonds. The van der Waals surface area contributed by atoms with E-state index in [9.17, 15) is 5.11 Å². The smallest absolute Gasteiger partial charge is 0.124 e. The summed E-state index contributed by atoms with van der Waals surface area (Å²) in [5.74, 6) is 1.54. The third-order valence-electron chi connectivity index (χ3n) is 6.99. The molecule has 0 aromatic heterocycles. The van der Waals surface area contributed by atoms with Crippen LogP contribution in [0.15, 0.2) is 18.2 Å². The topological polar surface area (TPSA) is 29.5 Å². The van der Waals surface area contributed by atoms with Crippen LogP contribution in [-0.2, 0) is 25.1 Å². The van der Waals surface area contributed by atoms with Crippen molar-refractivity contribution in [3.8, 4) is 5.75 Å². The Kier molecular flexibility index (Phi) is 6.19. The molecule has 1 aromatic rings. The molecule has 2 bridgehead atoms. The molecule has 2 nitrogen and oxygen atoms in total. The SMILES string of the molecule is COc1c([C@]2(O)C(C)(C)[C@H]3CC[C@]2(C)C3)cccc1[Si](C)(C)C.[CH3-].[Zn]. The van der Waals surface area contributed by atoms with Crippen LogP contribution in [0.2, 0.25) is 19.6 Å². The second-order valence-electron chi connectivity index (χ2n) is 9.57. The fourth-order valence-electron chi connectivity index (χ4n) is 5.56. The first-order chi connectivity index (χ1) is 10.5. The van der Waals surface area contributed by atoms with E-state index in [1.54, 1.807) is 7.11 Å².